The van der Waals surface area contributed by atoms with Crippen molar-refractivity contribution in [2.45, 2.75) is 0 Å². The Hall–Kier alpha value is -4.34. The summed E-state index contributed by atoms with van der Waals surface area (Å²) in [5, 5.41) is 3.66. The van der Waals surface area contributed by atoms with E-state index in [1.165, 1.54) is 22.3 Å². The quantitative estimate of drug-likeness (QED) is 0.187. The van der Waals surface area contributed by atoms with Crippen molar-refractivity contribution in [2.75, 3.05) is 0 Å². The zero-order valence-electron chi connectivity index (χ0n) is 22.0. The molecule has 0 amide bonds. The van der Waals surface area contributed by atoms with Crippen LogP contribution in [0.15, 0.2) is 122 Å². The van der Waals surface area contributed by atoms with Crippen molar-refractivity contribution in [3.05, 3.63) is 122 Å². The van der Waals surface area contributed by atoms with Gasteiger partial charge in [0.25, 0.3) is 0 Å². The molecule has 0 fully saturated rings. The van der Waals surface area contributed by atoms with Crippen LogP contribution in [0, 0.1) is 0 Å². The third kappa shape index (κ3) is 4.88. The molecule has 0 bridgehead atoms. The van der Waals surface area contributed by atoms with Crippen LogP contribution in [0.4, 0.5) is 0 Å². The minimum atomic E-state index is 0.908. The lowest BCUT2D eigenvalue weighted by molar-refractivity contribution is 1.38. The highest BCUT2D eigenvalue weighted by Crippen LogP contribution is 2.41. The lowest BCUT2D eigenvalue weighted by atomic mass is 10.0. The molecule has 0 saturated carbocycles. The number of rotatable bonds is 6. The summed E-state index contributed by atoms with van der Waals surface area (Å²) >= 11 is 6.51. The second kappa shape index (κ2) is 10.8. The Morgan fingerprint density at radius 2 is 0.690 bits per heavy atom. The fourth-order valence-corrected chi connectivity index (χ4v) is 8.69. The lowest BCUT2D eigenvalue weighted by Gasteiger charge is -2.02. The Kier molecular flexibility index (Phi) is 6.53. The number of benzene rings is 4. The fourth-order valence-electron chi connectivity index (χ4n) is 4.75. The Morgan fingerprint density at radius 1 is 0.333 bits per heavy atom. The molecule has 0 unspecified atom stereocenters. The number of fused-ring (bicyclic) bond motifs is 1. The molecule has 8 heteroatoms. The molecule has 4 nitrogen and oxygen atoms in total. The van der Waals surface area contributed by atoms with Crippen LogP contribution in [-0.4, -0.2) is 19.9 Å². The first-order chi connectivity index (χ1) is 20.8. The van der Waals surface area contributed by atoms with E-state index in [2.05, 4.69) is 97.1 Å². The molecule has 4 aromatic carbocycles. The molecule has 4 aromatic heterocycles. The van der Waals surface area contributed by atoms with Crippen LogP contribution in [0.5, 0.6) is 0 Å². The van der Waals surface area contributed by atoms with Gasteiger partial charge in [-0.15, -0.1) is 22.7 Å². The monoisotopic (exact) mass is 612 g/mol. The number of aromatic nitrogens is 4. The van der Waals surface area contributed by atoms with Gasteiger partial charge in [0.1, 0.15) is 0 Å². The lowest BCUT2D eigenvalue weighted by Crippen LogP contribution is -1.77. The van der Waals surface area contributed by atoms with Gasteiger partial charge in [0, 0.05) is 12.4 Å². The van der Waals surface area contributed by atoms with Gasteiger partial charge in [-0.25, -0.2) is 19.9 Å². The van der Waals surface area contributed by atoms with Crippen LogP contribution in [-0.2, 0) is 0 Å². The van der Waals surface area contributed by atoms with Gasteiger partial charge in [-0.3, -0.25) is 0 Å². The summed E-state index contributed by atoms with van der Waals surface area (Å²) in [4.78, 5) is 23.3. The molecule has 0 saturated heterocycles. The maximum atomic E-state index is 4.89. The number of nitrogens with zero attached hydrogens (tertiary/aromatic N) is 4. The van der Waals surface area contributed by atoms with E-state index in [4.69, 9.17) is 19.9 Å². The minimum Gasteiger partial charge on any atom is -0.241 e. The first-order valence-corrected chi connectivity index (χ1v) is 16.5. The van der Waals surface area contributed by atoms with Crippen LogP contribution >= 0.6 is 45.3 Å². The van der Waals surface area contributed by atoms with Crippen molar-refractivity contribution in [3.8, 4) is 63.2 Å². The molecule has 8 aromatic rings. The molecule has 0 aliphatic carbocycles. The second-order valence-electron chi connectivity index (χ2n) is 9.59. The Bertz CT molecular complexity index is 1940. The predicted molar refractivity (Wildman–Crippen MR) is 179 cm³/mol. The van der Waals surface area contributed by atoms with E-state index in [-0.39, 0.29) is 0 Å². The van der Waals surface area contributed by atoms with Gasteiger partial charge in [-0.2, -0.15) is 0 Å². The van der Waals surface area contributed by atoms with Crippen LogP contribution in [0.25, 0.3) is 72.8 Å². The minimum absolute atomic E-state index is 0.908. The third-order valence-corrected chi connectivity index (χ3v) is 11.3. The molecule has 0 aliphatic heterocycles. The maximum absolute atomic E-state index is 4.89. The van der Waals surface area contributed by atoms with E-state index < -0.39 is 0 Å². The highest BCUT2D eigenvalue weighted by atomic mass is 32.1. The summed E-state index contributed by atoms with van der Waals surface area (Å²) in [5.74, 6) is 0. The second-order valence-corrected chi connectivity index (χ2v) is 13.6. The Morgan fingerprint density at radius 3 is 1.10 bits per heavy atom. The number of hydrogen-bond acceptors (Lipinski definition) is 8. The highest BCUT2D eigenvalue weighted by Gasteiger charge is 2.18. The maximum Gasteiger partial charge on any atom is 0.156 e. The van der Waals surface area contributed by atoms with Crippen molar-refractivity contribution in [1.82, 2.24) is 19.9 Å². The van der Waals surface area contributed by atoms with Crippen molar-refractivity contribution in [1.29, 1.82) is 0 Å². The summed E-state index contributed by atoms with van der Waals surface area (Å²) in [7, 11) is 0. The van der Waals surface area contributed by atoms with Crippen molar-refractivity contribution < 1.29 is 0 Å². The summed E-state index contributed by atoms with van der Waals surface area (Å²) in [6, 6.07) is 38.2. The van der Waals surface area contributed by atoms with Crippen LogP contribution in [0.3, 0.4) is 0 Å². The molecule has 0 radical (unpaired) electrons. The zero-order chi connectivity index (χ0) is 27.9. The van der Waals surface area contributed by atoms with Gasteiger partial charge in [-0.1, -0.05) is 132 Å². The summed E-state index contributed by atoms with van der Waals surface area (Å²) < 4.78 is 0. The van der Waals surface area contributed by atoms with Gasteiger partial charge in [0.2, 0.25) is 0 Å². The van der Waals surface area contributed by atoms with Gasteiger partial charge < -0.3 is 0 Å². The van der Waals surface area contributed by atoms with E-state index in [1.807, 2.05) is 24.5 Å². The molecule has 42 heavy (non-hydrogen) atoms. The van der Waals surface area contributed by atoms with Crippen LogP contribution < -0.4 is 0 Å². The molecular weight excluding hydrogens is 593 g/mol. The normalized spacial score (nSPS) is 11.3. The topological polar surface area (TPSA) is 51.6 Å². The molecular formula is C34H20N4S4. The smallest absolute Gasteiger partial charge is 0.156 e. The molecule has 8 rings (SSSR count). The van der Waals surface area contributed by atoms with Crippen molar-refractivity contribution in [3.63, 3.8) is 0 Å². The van der Waals surface area contributed by atoms with E-state index in [0.29, 0.717) is 0 Å². The summed E-state index contributed by atoms with van der Waals surface area (Å²) in [5.41, 5.74) is 7.17. The summed E-state index contributed by atoms with van der Waals surface area (Å²) in [6.07, 6.45) is 3.88. The standard InChI is InChI=1S/C34H20N4S4/c1-3-7-21(8-4-1)23-11-15-25(16-12-23)27-19-35-29(39-27)31-37-33-34(41-31)38-32(42-33)30-36-20-28(40-30)26-17-13-24(14-18-26)22-9-5-2-6-10-22/h1-20H. The molecule has 0 aliphatic rings. The van der Waals surface area contributed by atoms with E-state index in [9.17, 15) is 0 Å². The third-order valence-electron chi connectivity index (χ3n) is 6.91. The average Bonchev–Trinajstić information content (AvgIpc) is 3.86. The van der Waals surface area contributed by atoms with Crippen LogP contribution in [0.1, 0.15) is 0 Å². The number of hydrogen-bond donors (Lipinski definition) is 0. The van der Waals surface area contributed by atoms with E-state index in [0.717, 1.165) is 50.6 Å². The highest BCUT2D eigenvalue weighted by molar-refractivity contribution is 7.32. The van der Waals surface area contributed by atoms with Crippen LogP contribution in [0.2, 0.25) is 0 Å². The molecule has 0 N–H and O–H groups in total. The molecule has 0 atom stereocenters. The van der Waals surface area contributed by atoms with Crippen molar-refractivity contribution >= 4 is 55.0 Å². The Labute approximate surface area is 258 Å². The fraction of sp³-hybridized carbons (Fsp3) is 0. The van der Waals surface area contributed by atoms with Gasteiger partial charge in [0.15, 0.2) is 29.7 Å². The van der Waals surface area contributed by atoms with E-state index in [1.54, 1.807) is 45.3 Å². The van der Waals surface area contributed by atoms with E-state index >= 15 is 0 Å². The molecule has 0 spiro atoms. The molecule has 200 valence electrons. The molecule has 4 heterocycles. The predicted octanol–water partition coefficient (Wildman–Crippen LogP) is 10.7. The van der Waals surface area contributed by atoms with Gasteiger partial charge in [0.05, 0.1) is 9.75 Å². The summed E-state index contributed by atoms with van der Waals surface area (Å²) in [6.45, 7) is 0. The first kappa shape index (κ1) is 25.4. The first-order valence-electron chi connectivity index (χ1n) is 13.3. The van der Waals surface area contributed by atoms with Gasteiger partial charge in [-0.05, 0) is 33.4 Å². The average molecular weight is 613 g/mol. The SMILES string of the molecule is c1ccc(-c2ccc(-c3cnc(-c4nc5sc(-c6ncc(-c7ccc(-c8ccccc8)cc7)s6)nc5s4)s3)cc2)cc1. The zero-order valence-corrected chi connectivity index (χ0v) is 25.2. The van der Waals surface area contributed by atoms with Crippen molar-refractivity contribution in [2.24, 2.45) is 0 Å². The Balaban J connectivity index is 0.999. The van der Waals surface area contributed by atoms with Gasteiger partial charge >= 0.3 is 0 Å². The largest absolute Gasteiger partial charge is 0.241 e. The number of thiazole rings is 4.